The number of hydrogen-bond acceptors (Lipinski definition) is 3. The summed E-state index contributed by atoms with van der Waals surface area (Å²) in [7, 11) is 0. The Bertz CT molecular complexity index is 1380. The molecule has 3 aromatic carbocycles. The smallest absolute Gasteiger partial charge is 0.231 e. The molecule has 5 nitrogen and oxygen atoms in total. The zero-order valence-corrected chi connectivity index (χ0v) is 23.5. The van der Waals surface area contributed by atoms with Crippen LogP contribution in [0.5, 0.6) is 0 Å². The van der Waals surface area contributed by atoms with Crippen LogP contribution in [0.1, 0.15) is 24.0 Å². The highest BCUT2D eigenvalue weighted by atomic mass is 35.5. The van der Waals surface area contributed by atoms with Gasteiger partial charge in [0.1, 0.15) is 10.2 Å². The van der Waals surface area contributed by atoms with Crippen molar-refractivity contribution in [1.29, 1.82) is 0 Å². The molecule has 0 bridgehead atoms. The Labute approximate surface area is 242 Å². The van der Waals surface area contributed by atoms with Crippen molar-refractivity contribution in [1.82, 2.24) is 0 Å². The molecule has 2 amide bonds. The van der Waals surface area contributed by atoms with E-state index in [1.54, 1.807) is 36.4 Å². The summed E-state index contributed by atoms with van der Waals surface area (Å²) in [5.41, 5.74) is 2.01. The predicted octanol–water partition coefficient (Wildman–Crippen LogP) is 8.54. The lowest BCUT2D eigenvalue weighted by molar-refractivity contribution is -0.117. The molecule has 12 heteroatoms. The van der Waals surface area contributed by atoms with Crippen molar-refractivity contribution < 1.29 is 14.0 Å². The van der Waals surface area contributed by atoms with Crippen LogP contribution < -0.4 is 16.0 Å². The van der Waals surface area contributed by atoms with Crippen LogP contribution in [0, 0.1) is 11.7 Å². The number of carbonyl (C=O) groups excluding carboxylic acids is 2. The molecule has 0 spiro atoms. The summed E-state index contributed by atoms with van der Waals surface area (Å²) in [6.45, 7) is 1.44. The molecule has 0 aromatic heterocycles. The van der Waals surface area contributed by atoms with Crippen molar-refractivity contribution in [2.75, 3.05) is 16.0 Å². The minimum atomic E-state index is -1.32. The van der Waals surface area contributed by atoms with E-state index in [1.165, 1.54) is 19.1 Å². The molecule has 37 heavy (non-hydrogen) atoms. The maximum Gasteiger partial charge on any atom is 0.231 e. The van der Waals surface area contributed by atoms with Crippen LogP contribution in [-0.2, 0) is 16.1 Å². The molecule has 194 valence electrons. The molecule has 0 saturated heterocycles. The molecule has 1 aliphatic carbocycles. The first-order chi connectivity index (χ1) is 17.4. The van der Waals surface area contributed by atoms with Gasteiger partial charge in [0.2, 0.25) is 11.8 Å². The van der Waals surface area contributed by atoms with Gasteiger partial charge in [-0.15, -0.1) is 23.2 Å². The van der Waals surface area contributed by atoms with Crippen molar-refractivity contribution in [3.05, 3.63) is 85.6 Å². The van der Waals surface area contributed by atoms with Gasteiger partial charge < -0.3 is 16.0 Å². The van der Waals surface area contributed by atoms with Crippen molar-refractivity contribution in [3.8, 4) is 0 Å². The number of carbonyl (C=O) groups is 2. The van der Waals surface area contributed by atoms with Crippen molar-refractivity contribution in [3.63, 3.8) is 0 Å². The first kappa shape index (κ1) is 28.1. The number of hydrogen-bond donors (Lipinski definition) is 3. The average molecular weight is 624 g/mol. The van der Waals surface area contributed by atoms with Crippen LogP contribution in [0.2, 0.25) is 20.1 Å². The van der Waals surface area contributed by atoms with Gasteiger partial charge in [0, 0.05) is 40.1 Å². The number of anilines is 3. The Hall–Kier alpha value is -1.93. The summed E-state index contributed by atoms with van der Waals surface area (Å²) >= 11 is 37.7. The largest absolute Gasteiger partial charge is 0.380 e. The zero-order chi connectivity index (χ0) is 27.1. The Balaban J connectivity index is 1.48. The van der Waals surface area contributed by atoms with Gasteiger partial charge in [-0.2, -0.15) is 0 Å². The number of halogens is 7. The van der Waals surface area contributed by atoms with Crippen LogP contribution in [0.25, 0.3) is 0 Å². The monoisotopic (exact) mass is 621 g/mol. The Morgan fingerprint density at radius 2 is 1.62 bits per heavy atom. The summed E-state index contributed by atoms with van der Waals surface area (Å²) in [5, 5.41) is 9.52. The lowest BCUT2D eigenvalue weighted by Gasteiger charge is -2.14. The minimum absolute atomic E-state index is 0.0113. The molecule has 4 rings (SSSR count). The first-order valence-electron chi connectivity index (χ1n) is 10.8. The van der Waals surface area contributed by atoms with Gasteiger partial charge in [-0.25, -0.2) is 4.39 Å². The third-order valence-electron chi connectivity index (χ3n) is 5.75. The molecule has 0 radical (unpaired) electrons. The highest BCUT2D eigenvalue weighted by Gasteiger charge is 2.67. The maximum absolute atomic E-state index is 14.1. The SMILES string of the molecule is CC(=O)Nc1c(F)ccc(NCc2cc(NC(=O)C3C(c4cc(Cl)cc(Cl)c4)C3(Cl)Cl)ccc2Cl)c1Cl. The van der Waals surface area contributed by atoms with Gasteiger partial charge in [-0.3, -0.25) is 9.59 Å². The summed E-state index contributed by atoms with van der Waals surface area (Å²) in [4.78, 5) is 24.4. The molecule has 2 atom stereocenters. The van der Waals surface area contributed by atoms with Crippen LogP contribution in [0.3, 0.4) is 0 Å². The number of alkyl halides is 2. The second-order valence-electron chi connectivity index (χ2n) is 8.45. The van der Waals surface area contributed by atoms with Gasteiger partial charge in [0.05, 0.1) is 22.3 Å². The second kappa shape index (κ2) is 11.0. The number of rotatable bonds is 7. The van der Waals surface area contributed by atoms with Gasteiger partial charge in [-0.1, -0.05) is 46.4 Å². The fourth-order valence-electron chi connectivity index (χ4n) is 4.00. The van der Waals surface area contributed by atoms with E-state index in [9.17, 15) is 14.0 Å². The molecule has 0 aliphatic heterocycles. The summed E-state index contributed by atoms with van der Waals surface area (Å²) in [5.74, 6) is -2.72. The van der Waals surface area contributed by atoms with Crippen molar-refractivity contribution in [2.45, 2.75) is 23.7 Å². The standard InChI is InChI=1S/C25H18Cl6FN3O2/c1-11(36)34-23-18(32)4-5-19(22(23)29)33-10-13-8-16(2-3-17(13)28)35-24(37)21-20(25(21,30)31)12-6-14(26)9-15(27)7-12/h2-9,20-21,33H,10H2,1H3,(H,34,36)(H,35,37). The fraction of sp³-hybridized carbons (Fsp3) is 0.200. The molecule has 3 N–H and O–H groups in total. The predicted molar refractivity (Wildman–Crippen MR) is 150 cm³/mol. The first-order valence-corrected chi connectivity index (χ1v) is 13.1. The zero-order valence-electron chi connectivity index (χ0n) is 18.9. The molecular weight excluding hydrogens is 606 g/mol. The number of benzene rings is 3. The topological polar surface area (TPSA) is 70.2 Å². The van der Waals surface area contributed by atoms with Crippen LogP contribution in [0.15, 0.2) is 48.5 Å². The Morgan fingerprint density at radius 1 is 0.946 bits per heavy atom. The highest BCUT2D eigenvalue weighted by molar-refractivity contribution is 6.53. The Morgan fingerprint density at radius 3 is 2.27 bits per heavy atom. The molecule has 1 saturated carbocycles. The molecule has 1 fully saturated rings. The summed E-state index contributed by atoms with van der Waals surface area (Å²) in [6, 6.07) is 12.5. The van der Waals surface area contributed by atoms with E-state index >= 15 is 0 Å². The summed E-state index contributed by atoms with van der Waals surface area (Å²) in [6.07, 6.45) is 0. The quantitative estimate of drug-likeness (QED) is 0.231. The third-order valence-corrected chi connectivity index (χ3v) is 7.89. The normalized spacial score (nSPS) is 17.7. The average Bonchev–Trinajstić information content (AvgIpc) is 3.39. The van der Waals surface area contributed by atoms with E-state index in [1.807, 2.05) is 0 Å². The van der Waals surface area contributed by atoms with E-state index in [0.29, 0.717) is 37.6 Å². The molecule has 2 unspecified atom stereocenters. The lowest BCUT2D eigenvalue weighted by atomic mass is 10.1. The second-order valence-corrected chi connectivity index (χ2v) is 11.5. The minimum Gasteiger partial charge on any atom is -0.380 e. The third kappa shape index (κ3) is 6.22. The number of amides is 2. The van der Waals surface area contributed by atoms with Crippen molar-refractivity contribution >= 4 is 98.5 Å². The van der Waals surface area contributed by atoms with E-state index in [2.05, 4.69) is 16.0 Å². The maximum atomic E-state index is 14.1. The van der Waals surface area contributed by atoms with E-state index in [-0.39, 0.29) is 23.2 Å². The molecule has 1 aliphatic rings. The number of nitrogens with one attached hydrogen (secondary N) is 3. The van der Waals surface area contributed by atoms with Gasteiger partial charge in [-0.05, 0) is 59.7 Å². The van der Waals surface area contributed by atoms with E-state index in [4.69, 9.17) is 69.6 Å². The van der Waals surface area contributed by atoms with E-state index < -0.39 is 27.9 Å². The Kier molecular flexibility index (Phi) is 8.39. The lowest BCUT2D eigenvalue weighted by Crippen LogP contribution is -2.17. The molecular formula is C25H18Cl6FN3O2. The van der Waals surface area contributed by atoms with Crippen LogP contribution in [-0.4, -0.2) is 16.1 Å². The molecule has 3 aromatic rings. The highest BCUT2D eigenvalue weighted by Crippen LogP contribution is 2.65. The fourth-order valence-corrected chi connectivity index (χ4v) is 5.82. The van der Waals surface area contributed by atoms with Gasteiger partial charge in [0.25, 0.3) is 0 Å². The van der Waals surface area contributed by atoms with Crippen LogP contribution >= 0.6 is 69.6 Å². The van der Waals surface area contributed by atoms with E-state index in [0.717, 1.165) is 0 Å². The van der Waals surface area contributed by atoms with Crippen LogP contribution in [0.4, 0.5) is 21.5 Å². The summed E-state index contributed by atoms with van der Waals surface area (Å²) < 4.78 is 12.8. The van der Waals surface area contributed by atoms with Gasteiger partial charge >= 0.3 is 0 Å². The van der Waals surface area contributed by atoms with Gasteiger partial charge in [0.15, 0.2) is 0 Å². The van der Waals surface area contributed by atoms with Crippen molar-refractivity contribution in [2.24, 2.45) is 5.92 Å². The molecule has 0 heterocycles.